The molecule has 0 unspecified atom stereocenters. The van der Waals surface area contributed by atoms with Crippen LogP contribution in [0.2, 0.25) is 45.8 Å². The Kier molecular flexibility index (Phi) is 5.96. The van der Waals surface area contributed by atoms with Gasteiger partial charge in [-0.1, -0.05) is 99.6 Å². The molecule has 0 bridgehead atoms. The Morgan fingerprint density at radius 3 is 1.38 bits per heavy atom. The second-order valence-corrected chi connectivity index (χ2v) is 37.6. The number of rotatable bonds is 5. The smallest absolute Gasteiger partial charge is 0.0991 e. The van der Waals surface area contributed by atoms with Gasteiger partial charge in [-0.3, -0.25) is 0 Å². The van der Waals surface area contributed by atoms with E-state index in [0.29, 0.717) is 5.56 Å². The Hall–Kier alpha value is -1.68. The fourth-order valence-electron chi connectivity index (χ4n) is 3.78. The van der Waals surface area contributed by atoms with Crippen LogP contribution in [0.5, 0.6) is 0 Å². The third-order valence-electron chi connectivity index (χ3n) is 6.00. The average molecular weight is 394 g/mol. The summed E-state index contributed by atoms with van der Waals surface area (Å²) in [6, 6.07) is 19.2. The molecule has 0 heterocycles. The van der Waals surface area contributed by atoms with E-state index in [1.807, 2.05) is 24.3 Å². The van der Waals surface area contributed by atoms with Gasteiger partial charge < -0.3 is 0 Å². The van der Waals surface area contributed by atoms with Crippen molar-refractivity contribution in [2.24, 2.45) is 0 Å². The number of hydrogen-bond donors (Lipinski definition) is 0. The molecule has 26 heavy (non-hydrogen) atoms. The first-order valence-corrected chi connectivity index (χ1v) is 20.8. The van der Waals surface area contributed by atoms with Gasteiger partial charge in [-0.15, -0.1) is 0 Å². The van der Waals surface area contributed by atoms with Crippen LogP contribution in [0.25, 0.3) is 12.2 Å². The summed E-state index contributed by atoms with van der Waals surface area (Å²) in [5.41, 5.74) is 3.06. The molecule has 0 aliphatic heterocycles. The second kappa shape index (κ2) is 7.51. The van der Waals surface area contributed by atoms with Crippen molar-refractivity contribution in [1.82, 2.24) is 0 Å². The van der Waals surface area contributed by atoms with Crippen molar-refractivity contribution in [3.05, 3.63) is 65.2 Å². The predicted octanol–water partition coefficient (Wildman–Crippen LogP) is 5.85. The van der Waals surface area contributed by atoms with Crippen LogP contribution in [0.4, 0.5) is 0 Å². The van der Waals surface area contributed by atoms with Gasteiger partial charge in [-0.05, 0) is 23.3 Å². The van der Waals surface area contributed by atoms with Crippen LogP contribution in [-0.4, -0.2) is 22.3 Å². The molecule has 0 aromatic heterocycles. The Morgan fingerprint density at radius 2 is 1.04 bits per heavy atom. The molecule has 0 aliphatic rings. The van der Waals surface area contributed by atoms with Crippen molar-refractivity contribution in [2.45, 2.75) is 45.8 Å². The van der Waals surface area contributed by atoms with Gasteiger partial charge in [0.05, 0.1) is 18.7 Å². The van der Waals surface area contributed by atoms with Crippen LogP contribution in [-0.2, 0) is 0 Å². The highest BCUT2D eigenvalue weighted by atomic mass is 29.6. The minimum Gasteiger partial charge on any atom is -0.192 e. The fourth-order valence-corrected chi connectivity index (χ4v) is 41.8. The van der Waals surface area contributed by atoms with E-state index in [2.05, 4.69) is 88.3 Å². The summed E-state index contributed by atoms with van der Waals surface area (Å²) in [4.78, 5) is 0. The highest BCUT2D eigenvalue weighted by molar-refractivity contribution is 7.72. The predicted molar refractivity (Wildman–Crippen MR) is 124 cm³/mol. The zero-order valence-corrected chi connectivity index (χ0v) is 20.2. The average Bonchev–Trinajstić information content (AvgIpc) is 2.58. The van der Waals surface area contributed by atoms with E-state index in [1.54, 1.807) is 5.19 Å². The molecular formula is C22H31NSi3. The standard InChI is InChI=1S/C22H31NSi3/c1-24(2,3)26(7,25(4,5)6)22-16-14-20(15-17-22)9-8-19-10-12-21(18-23)13-11-19/h8-17H,1-7H3/b9-8-. The molecule has 0 spiro atoms. The molecule has 0 aliphatic carbocycles. The first-order chi connectivity index (χ1) is 12.0. The fraction of sp³-hybridized carbons (Fsp3) is 0.318. The van der Waals surface area contributed by atoms with E-state index in [4.69, 9.17) is 5.26 Å². The zero-order chi connectivity index (χ0) is 19.6. The van der Waals surface area contributed by atoms with E-state index in [9.17, 15) is 0 Å². The third kappa shape index (κ3) is 4.17. The quantitative estimate of drug-likeness (QED) is 0.462. The lowest BCUT2D eigenvalue weighted by atomic mass is 10.1. The first-order valence-electron chi connectivity index (χ1n) is 9.28. The van der Waals surface area contributed by atoms with Crippen molar-refractivity contribution in [1.29, 1.82) is 5.26 Å². The molecule has 0 fully saturated rings. The van der Waals surface area contributed by atoms with Crippen molar-refractivity contribution < 1.29 is 0 Å². The maximum absolute atomic E-state index is 8.88. The number of nitrogens with zero attached hydrogens (tertiary/aromatic N) is 1. The van der Waals surface area contributed by atoms with Crippen LogP contribution in [0.15, 0.2) is 48.5 Å². The summed E-state index contributed by atoms with van der Waals surface area (Å²) in [6.07, 6.45) is 4.27. The van der Waals surface area contributed by atoms with E-state index >= 15 is 0 Å². The van der Waals surface area contributed by atoms with E-state index in [0.717, 1.165) is 5.56 Å². The highest BCUT2D eigenvalue weighted by Gasteiger charge is 2.51. The number of nitriles is 1. The Labute approximate surface area is 162 Å². The van der Waals surface area contributed by atoms with Crippen molar-refractivity contribution in [3.8, 4) is 6.07 Å². The monoisotopic (exact) mass is 393 g/mol. The van der Waals surface area contributed by atoms with Gasteiger partial charge in [-0.2, -0.15) is 5.26 Å². The topological polar surface area (TPSA) is 23.8 Å². The van der Waals surface area contributed by atoms with Gasteiger partial charge >= 0.3 is 0 Å². The third-order valence-corrected chi connectivity index (χ3v) is 46.7. The molecule has 0 amide bonds. The summed E-state index contributed by atoms with van der Waals surface area (Å²) in [5, 5.41) is 10.5. The van der Waals surface area contributed by atoms with Gasteiger partial charge in [-0.25, -0.2) is 0 Å². The van der Waals surface area contributed by atoms with Gasteiger partial charge in [0.25, 0.3) is 0 Å². The lowest BCUT2D eigenvalue weighted by Gasteiger charge is -2.48. The zero-order valence-electron chi connectivity index (χ0n) is 17.2. The van der Waals surface area contributed by atoms with Crippen LogP contribution in [0.3, 0.4) is 0 Å². The lowest BCUT2D eigenvalue weighted by Crippen LogP contribution is -2.76. The van der Waals surface area contributed by atoms with Crippen molar-refractivity contribution in [2.75, 3.05) is 0 Å². The SMILES string of the molecule is C[Si](C)(C)[Si](C)(c1ccc(/C=C\c2ccc(C#N)cc2)cc1)[Si](C)(C)C. The molecule has 2 aromatic rings. The number of benzene rings is 2. The molecule has 0 atom stereocenters. The van der Waals surface area contributed by atoms with Gasteiger partial charge in [0.2, 0.25) is 0 Å². The molecular weight excluding hydrogens is 363 g/mol. The molecule has 0 N–H and O–H groups in total. The molecule has 0 saturated heterocycles. The summed E-state index contributed by atoms with van der Waals surface area (Å²) in [7, 11) is -3.88. The Bertz CT molecular complexity index is 800. The summed E-state index contributed by atoms with van der Waals surface area (Å²) < 4.78 is 0. The largest absolute Gasteiger partial charge is 0.192 e. The van der Waals surface area contributed by atoms with E-state index in [-0.39, 0.29) is 0 Å². The van der Waals surface area contributed by atoms with Gasteiger partial charge in [0, 0.05) is 15.2 Å². The first kappa shape index (κ1) is 20.6. The van der Waals surface area contributed by atoms with E-state index < -0.39 is 22.3 Å². The minimum atomic E-state index is -1.43. The van der Waals surface area contributed by atoms with Crippen LogP contribution in [0, 0.1) is 11.3 Å². The molecule has 0 radical (unpaired) electrons. The van der Waals surface area contributed by atoms with Crippen LogP contribution < -0.4 is 5.19 Å². The second-order valence-electron chi connectivity index (χ2n) is 9.31. The van der Waals surface area contributed by atoms with Crippen molar-refractivity contribution >= 4 is 39.6 Å². The Morgan fingerprint density at radius 1 is 0.654 bits per heavy atom. The Balaban J connectivity index is 2.29. The summed E-state index contributed by atoms with van der Waals surface area (Å²) in [5.74, 6) is 0. The van der Waals surface area contributed by atoms with Crippen molar-refractivity contribution in [3.63, 3.8) is 0 Å². The summed E-state index contributed by atoms with van der Waals surface area (Å²) >= 11 is 0. The van der Waals surface area contributed by atoms with Crippen LogP contribution in [0.1, 0.15) is 16.7 Å². The highest BCUT2D eigenvalue weighted by Crippen LogP contribution is 2.29. The number of hydrogen-bond acceptors (Lipinski definition) is 1. The van der Waals surface area contributed by atoms with E-state index in [1.165, 1.54) is 5.56 Å². The molecule has 2 aromatic carbocycles. The summed E-state index contributed by atoms with van der Waals surface area (Å²) in [6.45, 7) is 18.0. The molecule has 4 heteroatoms. The molecule has 0 saturated carbocycles. The maximum atomic E-state index is 8.88. The molecule has 2 rings (SSSR count). The minimum absolute atomic E-state index is 0.702. The van der Waals surface area contributed by atoms with Gasteiger partial charge in [0.15, 0.2) is 0 Å². The maximum Gasteiger partial charge on any atom is 0.0991 e. The molecule has 1 nitrogen and oxygen atoms in total. The van der Waals surface area contributed by atoms with Crippen LogP contribution >= 0.6 is 0 Å². The molecule has 136 valence electrons. The lowest BCUT2D eigenvalue weighted by molar-refractivity contribution is 1.48. The van der Waals surface area contributed by atoms with Gasteiger partial charge in [0.1, 0.15) is 0 Å². The normalized spacial score (nSPS) is 13.0.